The van der Waals surface area contributed by atoms with Crippen LogP contribution in [-0.2, 0) is 15.9 Å². The van der Waals surface area contributed by atoms with Crippen molar-refractivity contribution < 1.29 is 9.47 Å². The summed E-state index contributed by atoms with van der Waals surface area (Å²) in [6, 6.07) is 11.0. The van der Waals surface area contributed by atoms with Gasteiger partial charge in [-0.05, 0) is 42.6 Å². The molecule has 1 aromatic carbocycles. The quantitative estimate of drug-likeness (QED) is 0.656. The summed E-state index contributed by atoms with van der Waals surface area (Å²) in [4.78, 5) is 2.52. The molecule has 0 radical (unpaired) electrons. The van der Waals surface area contributed by atoms with Gasteiger partial charge in [0.05, 0.1) is 18.8 Å². The van der Waals surface area contributed by atoms with Gasteiger partial charge in [0, 0.05) is 38.1 Å². The fraction of sp³-hybridized carbons (Fsp3) is 0.750. The molecule has 3 unspecified atom stereocenters. The summed E-state index contributed by atoms with van der Waals surface area (Å²) < 4.78 is 12.4. The summed E-state index contributed by atoms with van der Waals surface area (Å²) in [5, 5.41) is 0. The summed E-state index contributed by atoms with van der Waals surface area (Å²) in [7, 11) is 0. The number of morpholine rings is 1. The third kappa shape index (κ3) is 3.36. The highest BCUT2D eigenvalue weighted by Gasteiger charge is 2.69. The summed E-state index contributed by atoms with van der Waals surface area (Å²) >= 11 is 0. The van der Waals surface area contributed by atoms with E-state index in [4.69, 9.17) is 9.47 Å². The second kappa shape index (κ2) is 7.50. The minimum atomic E-state index is -0.00816. The molecule has 27 heavy (non-hydrogen) atoms. The summed E-state index contributed by atoms with van der Waals surface area (Å²) in [5.74, 6) is 0.797. The van der Waals surface area contributed by atoms with Gasteiger partial charge < -0.3 is 9.47 Å². The fourth-order valence-corrected chi connectivity index (χ4v) is 6.23. The van der Waals surface area contributed by atoms with Crippen LogP contribution in [0, 0.1) is 16.7 Å². The lowest BCUT2D eigenvalue weighted by Crippen LogP contribution is -2.51. The first-order valence-corrected chi connectivity index (χ1v) is 10.9. The Bertz CT molecular complexity index is 625. The second-order valence-electron chi connectivity index (χ2n) is 9.81. The molecule has 3 heteroatoms. The van der Waals surface area contributed by atoms with Crippen LogP contribution in [0.5, 0.6) is 0 Å². The Morgan fingerprint density at radius 3 is 2.48 bits per heavy atom. The highest BCUT2D eigenvalue weighted by atomic mass is 16.5. The molecule has 2 bridgehead atoms. The Kier molecular flexibility index (Phi) is 5.39. The Balaban J connectivity index is 1.46. The van der Waals surface area contributed by atoms with E-state index in [1.807, 2.05) is 0 Å². The lowest BCUT2D eigenvalue weighted by molar-refractivity contribution is -0.140. The molecule has 1 heterocycles. The first kappa shape index (κ1) is 19.4. The Labute approximate surface area is 165 Å². The van der Waals surface area contributed by atoms with Crippen molar-refractivity contribution in [3.63, 3.8) is 0 Å². The van der Waals surface area contributed by atoms with Crippen molar-refractivity contribution in [3.8, 4) is 0 Å². The van der Waals surface area contributed by atoms with Crippen LogP contribution in [0.1, 0.15) is 52.0 Å². The summed E-state index contributed by atoms with van der Waals surface area (Å²) in [6.45, 7) is 13.4. The number of fused-ring (bicyclic) bond motifs is 2. The SMILES string of the molecule is CC1(C)C2CCC1(C)C(Cc1ccccc1)(OCCCN1CCOCC1)C2. The molecule has 2 saturated carbocycles. The molecule has 1 saturated heterocycles. The molecular formula is C24H37NO2. The molecule has 0 spiro atoms. The van der Waals surface area contributed by atoms with Gasteiger partial charge >= 0.3 is 0 Å². The van der Waals surface area contributed by atoms with E-state index in [0.717, 1.165) is 58.2 Å². The van der Waals surface area contributed by atoms with Crippen LogP contribution in [-0.4, -0.2) is 50.0 Å². The number of rotatable bonds is 7. The average molecular weight is 372 g/mol. The first-order valence-electron chi connectivity index (χ1n) is 10.9. The van der Waals surface area contributed by atoms with E-state index in [2.05, 4.69) is 56.0 Å². The highest BCUT2D eigenvalue weighted by Crippen LogP contribution is 2.71. The van der Waals surface area contributed by atoms with Crippen LogP contribution in [0.25, 0.3) is 0 Å². The Morgan fingerprint density at radius 2 is 1.85 bits per heavy atom. The Hall–Kier alpha value is -0.900. The zero-order valence-corrected chi connectivity index (χ0v) is 17.5. The minimum Gasteiger partial charge on any atom is -0.379 e. The molecule has 1 aromatic rings. The Morgan fingerprint density at radius 1 is 1.11 bits per heavy atom. The van der Waals surface area contributed by atoms with Crippen molar-refractivity contribution in [2.24, 2.45) is 16.7 Å². The monoisotopic (exact) mass is 371 g/mol. The van der Waals surface area contributed by atoms with Gasteiger partial charge in [-0.25, -0.2) is 0 Å². The molecule has 2 aliphatic carbocycles. The van der Waals surface area contributed by atoms with E-state index < -0.39 is 0 Å². The van der Waals surface area contributed by atoms with Crippen LogP contribution in [0.3, 0.4) is 0 Å². The normalized spacial score (nSPS) is 35.6. The molecule has 3 fully saturated rings. The van der Waals surface area contributed by atoms with E-state index in [9.17, 15) is 0 Å². The molecule has 3 aliphatic rings. The average Bonchev–Trinajstić information content (AvgIpc) is 2.99. The topological polar surface area (TPSA) is 21.7 Å². The zero-order chi connectivity index (χ0) is 19.0. The zero-order valence-electron chi connectivity index (χ0n) is 17.5. The maximum absolute atomic E-state index is 6.90. The predicted molar refractivity (Wildman–Crippen MR) is 110 cm³/mol. The number of nitrogens with zero attached hydrogens (tertiary/aromatic N) is 1. The molecule has 1 aliphatic heterocycles. The van der Waals surface area contributed by atoms with Gasteiger partial charge in [0.25, 0.3) is 0 Å². The number of ether oxygens (including phenoxy) is 2. The van der Waals surface area contributed by atoms with Crippen LogP contribution >= 0.6 is 0 Å². The molecule has 3 nitrogen and oxygen atoms in total. The standard InChI is InChI=1S/C24H37NO2/c1-22(2)21-10-11-23(22,3)24(19-21,18-20-8-5-4-6-9-20)27-15-7-12-25-13-16-26-17-14-25/h4-6,8-9,21H,7,10-19H2,1-3H3. The van der Waals surface area contributed by atoms with Gasteiger partial charge in [0.15, 0.2) is 0 Å². The van der Waals surface area contributed by atoms with E-state index in [1.165, 1.54) is 24.8 Å². The number of hydrogen-bond donors (Lipinski definition) is 0. The molecule has 0 aromatic heterocycles. The van der Waals surface area contributed by atoms with Crippen molar-refractivity contribution in [1.29, 1.82) is 0 Å². The molecule has 150 valence electrons. The molecule has 3 atom stereocenters. The summed E-state index contributed by atoms with van der Waals surface area (Å²) in [5.41, 5.74) is 2.05. The van der Waals surface area contributed by atoms with Gasteiger partial charge in [-0.1, -0.05) is 51.1 Å². The number of benzene rings is 1. The fourth-order valence-electron chi connectivity index (χ4n) is 6.23. The molecule has 0 amide bonds. The molecule has 0 N–H and O–H groups in total. The van der Waals surface area contributed by atoms with E-state index in [1.54, 1.807) is 0 Å². The molecular weight excluding hydrogens is 334 g/mol. The minimum absolute atomic E-state index is 0.00816. The van der Waals surface area contributed by atoms with Crippen molar-refractivity contribution in [2.75, 3.05) is 39.5 Å². The van der Waals surface area contributed by atoms with E-state index >= 15 is 0 Å². The lowest BCUT2D eigenvalue weighted by atomic mass is 9.62. The van der Waals surface area contributed by atoms with Gasteiger partial charge in [-0.15, -0.1) is 0 Å². The van der Waals surface area contributed by atoms with Crippen molar-refractivity contribution >= 4 is 0 Å². The maximum Gasteiger partial charge on any atom is 0.0783 e. The van der Waals surface area contributed by atoms with Crippen LogP contribution < -0.4 is 0 Å². The number of hydrogen-bond acceptors (Lipinski definition) is 3. The van der Waals surface area contributed by atoms with Gasteiger partial charge in [0.1, 0.15) is 0 Å². The van der Waals surface area contributed by atoms with Crippen molar-refractivity contribution in [1.82, 2.24) is 4.90 Å². The second-order valence-corrected chi connectivity index (χ2v) is 9.81. The highest BCUT2D eigenvalue weighted by molar-refractivity contribution is 5.25. The van der Waals surface area contributed by atoms with Crippen molar-refractivity contribution in [2.45, 2.75) is 58.5 Å². The van der Waals surface area contributed by atoms with Gasteiger partial charge in [-0.3, -0.25) is 4.90 Å². The van der Waals surface area contributed by atoms with Crippen LogP contribution in [0.2, 0.25) is 0 Å². The van der Waals surface area contributed by atoms with Crippen LogP contribution in [0.4, 0.5) is 0 Å². The first-order chi connectivity index (χ1) is 13.0. The predicted octanol–water partition coefficient (Wildman–Crippen LogP) is 4.55. The third-order valence-corrected chi connectivity index (χ3v) is 8.45. The van der Waals surface area contributed by atoms with Gasteiger partial charge in [0.2, 0.25) is 0 Å². The summed E-state index contributed by atoms with van der Waals surface area (Å²) in [6.07, 6.45) is 6.08. The maximum atomic E-state index is 6.90. The third-order valence-electron chi connectivity index (χ3n) is 8.45. The van der Waals surface area contributed by atoms with Gasteiger partial charge in [-0.2, -0.15) is 0 Å². The van der Waals surface area contributed by atoms with E-state index in [0.29, 0.717) is 5.41 Å². The smallest absolute Gasteiger partial charge is 0.0783 e. The largest absolute Gasteiger partial charge is 0.379 e. The van der Waals surface area contributed by atoms with E-state index in [-0.39, 0.29) is 11.0 Å². The molecule has 4 rings (SSSR count). The lowest BCUT2D eigenvalue weighted by Gasteiger charge is -2.49. The van der Waals surface area contributed by atoms with Crippen molar-refractivity contribution in [3.05, 3.63) is 35.9 Å². The van der Waals surface area contributed by atoms with Crippen LogP contribution in [0.15, 0.2) is 30.3 Å².